The van der Waals surface area contributed by atoms with Crippen LogP contribution in [0.3, 0.4) is 0 Å². The van der Waals surface area contributed by atoms with Crippen LogP contribution in [0.15, 0.2) is 5.16 Å². The van der Waals surface area contributed by atoms with Crippen molar-refractivity contribution in [2.24, 2.45) is 5.16 Å². The van der Waals surface area contributed by atoms with Crippen LogP contribution in [0.1, 0.15) is 17.0 Å². The third-order valence-corrected chi connectivity index (χ3v) is 1.91. The minimum atomic E-state index is -0.955. The molecule has 0 unspecified atom stereocenters. The molecule has 1 aromatic heterocycles. The molecule has 1 heterocycles. The molecule has 0 saturated carbocycles. The Kier molecular flexibility index (Phi) is 2.85. The van der Waals surface area contributed by atoms with Crippen LogP contribution >= 0.6 is 0 Å². The predicted molar refractivity (Wildman–Crippen MR) is 48.7 cm³/mol. The molecule has 0 aliphatic carbocycles. The summed E-state index contributed by atoms with van der Waals surface area (Å²) in [5.41, 5.74) is 1.96. The second-order valence-electron chi connectivity index (χ2n) is 2.88. The Labute approximate surface area is 80.5 Å². The standard InChI is InChI=1S/C8H11N3O3/c1-5-7(3-9-14)6(2)11(10-5)4-8(12)13/h3,14H,4H2,1-2H3,(H,12,13). The first-order valence-corrected chi connectivity index (χ1v) is 3.99. The number of carbonyl (C=O) groups is 1. The fourth-order valence-electron chi connectivity index (χ4n) is 1.24. The zero-order valence-electron chi connectivity index (χ0n) is 7.93. The molecule has 0 saturated heterocycles. The molecular formula is C8H11N3O3. The van der Waals surface area contributed by atoms with Gasteiger partial charge in [-0.2, -0.15) is 5.10 Å². The van der Waals surface area contributed by atoms with Gasteiger partial charge in [0, 0.05) is 11.3 Å². The van der Waals surface area contributed by atoms with Crippen molar-refractivity contribution >= 4 is 12.2 Å². The number of carboxylic acid groups (broad SMARTS) is 1. The first kappa shape index (κ1) is 10.2. The van der Waals surface area contributed by atoms with Crippen LogP contribution < -0.4 is 0 Å². The molecule has 76 valence electrons. The summed E-state index contributed by atoms with van der Waals surface area (Å²) in [6.45, 7) is 3.26. The molecule has 0 aliphatic heterocycles. The average molecular weight is 197 g/mol. The molecule has 0 aromatic carbocycles. The highest BCUT2D eigenvalue weighted by atomic mass is 16.4. The van der Waals surface area contributed by atoms with Gasteiger partial charge in [-0.3, -0.25) is 9.48 Å². The molecule has 14 heavy (non-hydrogen) atoms. The molecule has 1 rings (SSSR count). The summed E-state index contributed by atoms with van der Waals surface area (Å²) < 4.78 is 1.36. The normalized spacial score (nSPS) is 11.0. The molecule has 6 heteroatoms. The van der Waals surface area contributed by atoms with Crippen LogP contribution in [-0.4, -0.2) is 32.3 Å². The van der Waals surface area contributed by atoms with Gasteiger partial charge in [0.05, 0.1) is 11.9 Å². The third-order valence-electron chi connectivity index (χ3n) is 1.91. The molecule has 1 aromatic rings. The molecule has 0 atom stereocenters. The van der Waals surface area contributed by atoms with Crippen molar-refractivity contribution in [3.63, 3.8) is 0 Å². The Morgan fingerprint density at radius 3 is 2.79 bits per heavy atom. The van der Waals surface area contributed by atoms with Gasteiger partial charge >= 0.3 is 5.97 Å². The second kappa shape index (κ2) is 3.91. The number of oxime groups is 1. The van der Waals surface area contributed by atoms with Crippen molar-refractivity contribution in [3.05, 3.63) is 17.0 Å². The lowest BCUT2D eigenvalue weighted by atomic mass is 10.2. The number of hydrogen-bond donors (Lipinski definition) is 2. The molecule has 6 nitrogen and oxygen atoms in total. The van der Waals surface area contributed by atoms with Crippen molar-refractivity contribution in [1.29, 1.82) is 0 Å². The number of nitrogens with zero attached hydrogens (tertiary/aromatic N) is 3. The minimum Gasteiger partial charge on any atom is -0.480 e. The van der Waals surface area contributed by atoms with Crippen molar-refractivity contribution in [2.75, 3.05) is 0 Å². The topological polar surface area (TPSA) is 87.7 Å². The highest BCUT2D eigenvalue weighted by Gasteiger charge is 2.11. The predicted octanol–water partition coefficient (Wildman–Crippen LogP) is 0.393. The smallest absolute Gasteiger partial charge is 0.325 e. The van der Waals surface area contributed by atoms with Gasteiger partial charge in [-0.1, -0.05) is 5.16 Å². The molecule has 0 aliphatic rings. The molecule has 0 bridgehead atoms. The Morgan fingerprint density at radius 2 is 2.29 bits per heavy atom. The zero-order chi connectivity index (χ0) is 10.7. The summed E-state index contributed by atoms with van der Waals surface area (Å²) in [5, 5.41) is 23.9. The van der Waals surface area contributed by atoms with Crippen LogP contribution in [0.25, 0.3) is 0 Å². The molecule has 0 spiro atoms. The van der Waals surface area contributed by atoms with Gasteiger partial charge in [0.2, 0.25) is 0 Å². The van der Waals surface area contributed by atoms with Crippen LogP contribution in [0.5, 0.6) is 0 Å². The number of rotatable bonds is 3. The van der Waals surface area contributed by atoms with E-state index in [0.717, 1.165) is 0 Å². The maximum absolute atomic E-state index is 10.5. The van der Waals surface area contributed by atoms with E-state index in [0.29, 0.717) is 17.0 Å². The van der Waals surface area contributed by atoms with E-state index < -0.39 is 5.97 Å². The Hall–Kier alpha value is -1.85. The van der Waals surface area contributed by atoms with E-state index in [1.54, 1.807) is 13.8 Å². The zero-order valence-corrected chi connectivity index (χ0v) is 7.93. The number of aryl methyl sites for hydroxylation is 1. The fraction of sp³-hybridized carbons (Fsp3) is 0.375. The first-order chi connectivity index (χ1) is 6.56. The van der Waals surface area contributed by atoms with Gasteiger partial charge in [0.1, 0.15) is 6.54 Å². The van der Waals surface area contributed by atoms with Crippen LogP contribution in [-0.2, 0) is 11.3 Å². The molecule has 0 fully saturated rings. The lowest BCUT2D eigenvalue weighted by molar-refractivity contribution is -0.137. The second-order valence-corrected chi connectivity index (χ2v) is 2.88. The van der Waals surface area contributed by atoms with Crippen LogP contribution in [0.4, 0.5) is 0 Å². The van der Waals surface area contributed by atoms with E-state index in [1.807, 2.05) is 0 Å². The Balaban J connectivity index is 3.10. The minimum absolute atomic E-state index is 0.189. The van der Waals surface area contributed by atoms with Gasteiger partial charge < -0.3 is 10.3 Å². The number of carboxylic acids is 1. The van der Waals surface area contributed by atoms with Gasteiger partial charge in [0.15, 0.2) is 0 Å². The summed E-state index contributed by atoms with van der Waals surface area (Å²) in [5.74, 6) is -0.955. The summed E-state index contributed by atoms with van der Waals surface area (Å²) in [4.78, 5) is 10.5. The summed E-state index contributed by atoms with van der Waals surface area (Å²) in [6.07, 6.45) is 1.25. The number of aromatic nitrogens is 2. The SMILES string of the molecule is Cc1nn(CC(=O)O)c(C)c1C=NO. The summed E-state index contributed by atoms with van der Waals surface area (Å²) >= 11 is 0. The van der Waals surface area contributed by atoms with Crippen molar-refractivity contribution in [3.8, 4) is 0 Å². The lowest BCUT2D eigenvalue weighted by Gasteiger charge is -1.98. The van der Waals surface area contributed by atoms with Gasteiger partial charge in [0.25, 0.3) is 0 Å². The largest absolute Gasteiger partial charge is 0.480 e. The molecular weight excluding hydrogens is 186 g/mol. The Morgan fingerprint density at radius 1 is 1.64 bits per heavy atom. The maximum Gasteiger partial charge on any atom is 0.325 e. The molecule has 0 amide bonds. The van der Waals surface area contributed by atoms with Crippen molar-refractivity contribution in [1.82, 2.24) is 9.78 Å². The van der Waals surface area contributed by atoms with Crippen LogP contribution in [0.2, 0.25) is 0 Å². The van der Waals surface area contributed by atoms with Crippen LogP contribution in [0, 0.1) is 13.8 Å². The van der Waals surface area contributed by atoms with Gasteiger partial charge in [-0.15, -0.1) is 0 Å². The number of hydrogen-bond acceptors (Lipinski definition) is 4. The quantitative estimate of drug-likeness (QED) is 0.417. The molecule has 2 N–H and O–H groups in total. The summed E-state index contributed by atoms with van der Waals surface area (Å²) in [7, 11) is 0. The van der Waals surface area contributed by atoms with E-state index in [9.17, 15) is 4.79 Å². The molecule has 0 radical (unpaired) electrons. The van der Waals surface area contributed by atoms with E-state index in [2.05, 4.69) is 10.3 Å². The van der Waals surface area contributed by atoms with Gasteiger partial charge in [-0.25, -0.2) is 0 Å². The van der Waals surface area contributed by atoms with Gasteiger partial charge in [-0.05, 0) is 13.8 Å². The maximum atomic E-state index is 10.5. The lowest BCUT2D eigenvalue weighted by Crippen LogP contribution is -2.11. The van der Waals surface area contributed by atoms with E-state index in [-0.39, 0.29) is 6.54 Å². The third kappa shape index (κ3) is 1.90. The van der Waals surface area contributed by atoms with E-state index in [4.69, 9.17) is 10.3 Å². The average Bonchev–Trinajstić information content (AvgIpc) is 2.32. The van der Waals surface area contributed by atoms with E-state index in [1.165, 1.54) is 10.9 Å². The Bertz CT molecular complexity index is 381. The highest BCUT2D eigenvalue weighted by Crippen LogP contribution is 2.10. The highest BCUT2D eigenvalue weighted by molar-refractivity contribution is 5.82. The number of aliphatic carboxylic acids is 1. The summed E-state index contributed by atoms with van der Waals surface area (Å²) in [6, 6.07) is 0. The first-order valence-electron chi connectivity index (χ1n) is 3.99. The monoisotopic (exact) mass is 197 g/mol. The van der Waals surface area contributed by atoms with Crippen molar-refractivity contribution < 1.29 is 15.1 Å². The van der Waals surface area contributed by atoms with Crippen molar-refractivity contribution in [2.45, 2.75) is 20.4 Å². The van der Waals surface area contributed by atoms with E-state index >= 15 is 0 Å². The fourth-order valence-corrected chi connectivity index (χ4v) is 1.24.